The first-order chi connectivity index (χ1) is 11.5. The van der Waals surface area contributed by atoms with Crippen LogP contribution in [0.2, 0.25) is 10.0 Å². The van der Waals surface area contributed by atoms with Crippen molar-refractivity contribution >= 4 is 52.0 Å². The average Bonchev–Trinajstić information content (AvgIpc) is 2.57. The summed E-state index contributed by atoms with van der Waals surface area (Å²) < 4.78 is 0. The van der Waals surface area contributed by atoms with Crippen LogP contribution in [0.1, 0.15) is 5.56 Å². The van der Waals surface area contributed by atoms with Crippen molar-refractivity contribution in [3.05, 3.63) is 58.5 Å². The summed E-state index contributed by atoms with van der Waals surface area (Å²) in [5.74, 6) is 1.50. The van der Waals surface area contributed by atoms with Crippen molar-refractivity contribution in [3.8, 4) is 0 Å². The fourth-order valence-corrected chi connectivity index (χ4v) is 2.27. The van der Waals surface area contributed by atoms with Gasteiger partial charge in [0.1, 0.15) is 17.8 Å². The Morgan fingerprint density at radius 2 is 1.71 bits per heavy atom. The summed E-state index contributed by atoms with van der Waals surface area (Å²) in [5.41, 5.74) is 8.28. The Morgan fingerprint density at radius 1 is 0.958 bits per heavy atom. The van der Waals surface area contributed by atoms with Gasteiger partial charge in [0.2, 0.25) is 0 Å². The number of aryl methyl sites for hydroxylation is 1. The number of benzene rings is 1. The zero-order valence-electron chi connectivity index (χ0n) is 12.7. The topological polar surface area (TPSA) is 88.8 Å². The molecule has 2 heterocycles. The van der Waals surface area contributed by atoms with Crippen molar-refractivity contribution in [2.24, 2.45) is 0 Å². The predicted molar refractivity (Wildman–Crippen MR) is 98.4 cm³/mol. The summed E-state index contributed by atoms with van der Waals surface area (Å²) in [6.45, 7) is 1.94. The highest BCUT2D eigenvalue weighted by Crippen LogP contribution is 2.29. The molecule has 0 aliphatic carbocycles. The molecule has 0 aliphatic heterocycles. The molecule has 1 aromatic carbocycles. The highest BCUT2D eigenvalue weighted by atomic mass is 35.5. The van der Waals surface area contributed by atoms with Gasteiger partial charge in [-0.3, -0.25) is 0 Å². The summed E-state index contributed by atoms with van der Waals surface area (Å²) in [5, 5.41) is 7.38. The molecule has 0 bridgehead atoms. The summed E-state index contributed by atoms with van der Waals surface area (Å²) in [6.07, 6.45) is 2.95. The maximum absolute atomic E-state index is 6.14. The third-order valence-electron chi connectivity index (χ3n) is 3.29. The summed E-state index contributed by atoms with van der Waals surface area (Å²) in [6, 6.07) is 9.08. The van der Waals surface area contributed by atoms with Crippen molar-refractivity contribution < 1.29 is 0 Å². The Kier molecular flexibility index (Phi) is 4.69. The number of hydrogen-bond acceptors (Lipinski definition) is 6. The normalized spacial score (nSPS) is 10.5. The number of halogens is 2. The van der Waals surface area contributed by atoms with Crippen LogP contribution < -0.4 is 16.4 Å². The molecule has 0 saturated carbocycles. The zero-order chi connectivity index (χ0) is 17.1. The standard InChI is InChI=1S/C16H14Cl2N6/c1-9-2-4-11(6-12(9)18)23-15-14(19)16(22-8-21-15)24-13-5-3-10(17)7-20-13/h2-8H,19H2,1H3,(H2,20,21,22,23,24). The number of aromatic nitrogens is 3. The number of anilines is 5. The van der Waals surface area contributed by atoms with Gasteiger partial charge < -0.3 is 16.4 Å². The highest BCUT2D eigenvalue weighted by molar-refractivity contribution is 6.31. The number of nitrogens with one attached hydrogen (secondary N) is 2. The number of nitrogens with zero attached hydrogens (tertiary/aromatic N) is 3. The minimum Gasteiger partial charge on any atom is -0.393 e. The van der Waals surface area contributed by atoms with Crippen LogP contribution in [0.4, 0.5) is 28.8 Å². The first-order valence-electron chi connectivity index (χ1n) is 7.05. The van der Waals surface area contributed by atoms with Gasteiger partial charge in [0.15, 0.2) is 11.6 Å². The molecule has 3 rings (SSSR count). The van der Waals surface area contributed by atoms with Crippen LogP contribution in [0, 0.1) is 6.92 Å². The number of nitrogens with two attached hydrogens (primary N) is 1. The van der Waals surface area contributed by atoms with E-state index in [4.69, 9.17) is 28.9 Å². The lowest BCUT2D eigenvalue weighted by molar-refractivity contribution is 1.16. The van der Waals surface area contributed by atoms with E-state index >= 15 is 0 Å². The van der Waals surface area contributed by atoms with Crippen molar-refractivity contribution in [1.29, 1.82) is 0 Å². The molecule has 0 unspecified atom stereocenters. The van der Waals surface area contributed by atoms with E-state index in [0.29, 0.717) is 33.2 Å². The van der Waals surface area contributed by atoms with E-state index in [1.807, 2.05) is 25.1 Å². The smallest absolute Gasteiger partial charge is 0.160 e. The van der Waals surface area contributed by atoms with E-state index in [9.17, 15) is 0 Å². The molecule has 6 nitrogen and oxygen atoms in total. The lowest BCUT2D eigenvalue weighted by Crippen LogP contribution is -2.05. The molecule has 0 saturated heterocycles. The third kappa shape index (κ3) is 3.67. The van der Waals surface area contributed by atoms with Gasteiger partial charge in [-0.15, -0.1) is 0 Å². The van der Waals surface area contributed by atoms with Crippen LogP contribution >= 0.6 is 23.2 Å². The van der Waals surface area contributed by atoms with E-state index in [-0.39, 0.29) is 0 Å². The average molecular weight is 361 g/mol. The fourth-order valence-electron chi connectivity index (χ4n) is 1.97. The zero-order valence-corrected chi connectivity index (χ0v) is 14.2. The van der Waals surface area contributed by atoms with Gasteiger partial charge in [0, 0.05) is 16.9 Å². The van der Waals surface area contributed by atoms with Crippen LogP contribution in [0.3, 0.4) is 0 Å². The molecule has 24 heavy (non-hydrogen) atoms. The SMILES string of the molecule is Cc1ccc(Nc2ncnc(Nc3ccc(Cl)cn3)c2N)cc1Cl. The lowest BCUT2D eigenvalue weighted by Gasteiger charge is -2.12. The Morgan fingerprint density at radius 3 is 2.38 bits per heavy atom. The molecule has 0 amide bonds. The Bertz CT molecular complexity index is 867. The quantitative estimate of drug-likeness (QED) is 0.632. The maximum Gasteiger partial charge on any atom is 0.160 e. The lowest BCUT2D eigenvalue weighted by atomic mass is 10.2. The third-order valence-corrected chi connectivity index (χ3v) is 3.92. The molecule has 0 atom stereocenters. The molecule has 4 N–H and O–H groups in total. The van der Waals surface area contributed by atoms with Crippen LogP contribution in [-0.2, 0) is 0 Å². The van der Waals surface area contributed by atoms with Crippen LogP contribution in [-0.4, -0.2) is 15.0 Å². The van der Waals surface area contributed by atoms with Gasteiger partial charge in [-0.05, 0) is 36.8 Å². The second kappa shape index (κ2) is 6.90. The Labute approximate surface area is 149 Å². The monoisotopic (exact) mass is 360 g/mol. The molecule has 0 aliphatic rings. The first-order valence-corrected chi connectivity index (χ1v) is 7.81. The Balaban J connectivity index is 1.84. The van der Waals surface area contributed by atoms with Gasteiger partial charge in [-0.2, -0.15) is 0 Å². The summed E-state index contributed by atoms with van der Waals surface area (Å²) in [4.78, 5) is 12.5. The van der Waals surface area contributed by atoms with Gasteiger partial charge in [-0.25, -0.2) is 15.0 Å². The summed E-state index contributed by atoms with van der Waals surface area (Å²) >= 11 is 12.0. The van der Waals surface area contributed by atoms with Gasteiger partial charge >= 0.3 is 0 Å². The molecule has 122 valence electrons. The van der Waals surface area contributed by atoms with Gasteiger partial charge in [-0.1, -0.05) is 29.3 Å². The van der Waals surface area contributed by atoms with E-state index in [1.165, 1.54) is 12.5 Å². The minimum absolute atomic E-state index is 0.367. The van der Waals surface area contributed by atoms with E-state index in [0.717, 1.165) is 11.3 Å². The van der Waals surface area contributed by atoms with Crippen molar-refractivity contribution in [3.63, 3.8) is 0 Å². The van der Waals surface area contributed by atoms with Crippen LogP contribution in [0.5, 0.6) is 0 Å². The molecule has 0 fully saturated rings. The van der Waals surface area contributed by atoms with Gasteiger partial charge in [0.25, 0.3) is 0 Å². The second-order valence-corrected chi connectivity index (χ2v) is 5.90. The molecule has 8 heteroatoms. The van der Waals surface area contributed by atoms with Gasteiger partial charge in [0.05, 0.1) is 5.02 Å². The van der Waals surface area contributed by atoms with Crippen LogP contribution in [0.25, 0.3) is 0 Å². The number of rotatable bonds is 4. The Hall–Kier alpha value is -2.57. The molecule has 0 radical (unpaired) electrons. The minimum atomic E-state index is 0.367. The van der Waals surface area contributed by atoms with Crippen molar-refractivity contribution in [2.45, 2.75) is 6.92 Å². The fraction of sp³-hybridized carbons (Fsp3) is 0.0625. The molecule has 3 aromatic rings. The number of nitrogen functional groups attached to an aromatic ring is 1. The first kappa shape index (κ1) is 16.3. The summed E-state index contributed by atoms with van der Waals surface area (Å²) in [7, 11) is 0. The van der Waals surface area contributed by atoms with E-state index in [1.54, 1.807) is 12.1 Å². The van der Waals surface area contributed by atoms with Crippen molar-refractivity contribution in [1.82, 2.24) is 15.0 Å². The molecular weight excluding hydrogens is 347 g/mol. The van der Waals surface area contributed by atoms with E-state index in [2.05, 4.69) is 25.6 Å². The molecular formula is C16H14Cl2N6. The largest absolute Gasteiger partial charge is 0.393 e. The highest BCUT2D eigenvalue weighted by Gasteiger charge is 2.10. The second-order valence-electron chi connectivity index (χ2n) is 5.06. The molecule has 0 spiro atoms. The van der Waals surface area contributed by atoms with E-state index < -0.39 is 0 Å². The number of pyridine rings is 1. The van der Waals surface area contributed by atoms with Crippen LogP contribution in [0.15, 0.2) is 42.9 Å². The van der Waals surface area contributed by atoms with Crippen molar-refractivity contribution in [2.75, 3.05) is 16.4 Å². The molecule has 2 aromatic heterocycles. The number of hydrogen-bond donors (Lipinski definition) is 3. The predicted octanol–water partition coefficient (Wildman–Crippen LogP) is 4.56. The maximum atomic E-state index is 6.14.